The molecular formula is C12H14F3N3O. The number of nitrogens with one attached hydrogen (secondary N) is 2. The van der Waals surface area contributed by atoms with Crippen LogP contribution in [0.4, 0.5) is 23.7 Å². The molecule has 0 unspecified atom stereocenters. The summed E-state index contributed by atoms with van der Waals surface area (Å²) in [6.45, 7) is 0.355. The highest BCUT2D eigenvalue weighted by Crippen LogP contribution is 2.34. The molecule has 0 heterocycles. The lowest BCUT2D eigenvalue weighted by Gasteiger charge is -2.15. The summed E-state index contributed by atoms with van der Waals surface area (Å²) in [5.74, 6) is 0. The Balaban J connectivity index is 1.94. The van der Waals surface area contributed by atoms with Gasteiger partial charge in [-0.05, 0) is 37.1 Å². The highest BCUT2D eigenvalue weighted by atomic mass is 19.4. The normalized spacial score (nSPS) is 16.8. The van der Waals surface area contributed by atoms with Gasteiger partial charge in [0.2, 0.25) is 0 Å². The van der Waals surface area contributed by atoms with Gasteiger partial charge >= 0.3 is 12.2 Å². The Morgan fingerprint density at radius 2 is 1.84 bits per heavy atom. The third-order valence-electron chi connectivity index (χ3n) is 3.09. The Morgan fingerprint density at radius 3 is 2.26 bits per heavy atom. The Morgan fingerprint density at radius 1 is 1.26 bits per heavy atom. The molecule has 7 heteroatoms. The molecule has 1 aromatic carbocycles. The lowest BCUT2D eigenvalue weighted by atomic mass is 10.2. The molecule has 104 valence electrons. The van der Waals surface area contributed by atoms with Gasteiger partial charge in [-0.1, -0.05) is 0 Å². The number of alkyl halides is 3. The smallest absolute Gasteiger partial charge is 0.331 e. The molecule has 0 bridgehead atoms. The molecule has 0 saturated heterocycles. The molecule has 19 heavy (non-hydrogen) atoms. The molecule has 0 atom stereocenters. The van der Waals surface area contributed by atoms with E-state index in [1.807, 2.05) is 0 Å². The first-order valence-electron chi connectivity index (χ1n) is 5.81. The van der Waals surface area contributed by atoms with E-state index in [-0.39, 0.29) is 5.54 Å². The number of amides is 2. The summed E-state index contributed by atoms with van der Waals surface area (Å²) in [5, 5.41) is 5.19. The van der Waals surface area contributed by atoms with Crippen molar-refractivity contribution in [3.63, 3.8) is 0 Å². The lowest BCUT2D eigenvalue weighted by Crippen LogP contribution is -2.44. The van der Waals surface area contributed by atoms with E-state index >= 15 is 0 Å². The summed E-state index contributed by atoms with van der Waals surface area (Å²) in [7, 11) is 0. The predicted molar refractivity (Wildman–Crippen MR) is 64.6 cm³/mol. The van der Waals surface area contributed by atoms with Gasteiger partial charge in [-0.15, -0.1) is 0 Å². The fraction of sp³-hybridized carbons (Fsp3) is 0.417. The van der Waals surface area contributed by atoms with Gasteiger partial charge in [0.15, 0.2) is 0 Å². The summed E-state index contributed by atoms with van der Waals surface area (Å²) in [5.41, 5.74) is 4.73. The average molecular weight is 273 g/mol. The van der Waals surface area contributed by atoms with E-state index in [1.54, 1.807) is 0 Å². The second-order valence-corrected chi connectivity index (χ2v) is 4.64. The molecule has 2 amide bonds. The minimum atomic E-state index is -4.38. The van der Waals surface area contributed by atoms with Crippen LogP contribution < -0.4 is 16.4 Å². The van der Waals surface area contributed by atoms with Crippen molar-refractivity contribution in [3.8, 4) is 0 Å². The van der Waals surface area contributed by atoms with Crippen molar-refractivity contribution in [1.29, 1.82) is 0 Å². The number of nitrogens with two attached hydrogens (primary N) is 1. The van der Waals surface area contributed by atoms with E-state index in [0.29, 0.717) is 12.2 Å². The van der Waals surface area contributed by atoms with Crippen LogP contribution in [0, 0.1) is 0 Å². The van der Waals surface area contributed by atoms with E-state index < -0.39 is 17.8 Å². The molecule has 0 aromatic heterocycles. The molecule has 1 aliphatic carbocycles. The highest BCUT2D eigenvalue weighted by Gasteiger charge is 2.42. The van der Waals surface area contributed by atoms with Crippen LogP contribution in [0.1, 0.15) is 18.4 Å². The van der Waals surface area contributed by atoms with Crippen molar-refractivity contribution in [3.05, 3.63) is 29.8 Å². The number of hydrogen-bond acceptors (Lipinski definition) is 2. The number of carbonyl (C=O) groups excluding carboxylic acids is 1. The van der Waals surface area contributed by atoms with Crippen LogP contribution in [0.3, 0.4) is 0 Å². The maximum atomic E-state index is 12.3. The van der Waals surface area contributed by atoms with Crippen molar-refractivity contribution in [1.82, 2.24) is 5.32 Å². The number of anilines is 1. The standard InChI is InChI=1S/C12H14F3N3O/c13-12(14,15)8-1-3-9(4-2-8)17-10(19)18-11(7-16)5-6-11/h1-4H,5-7,16H2,(H2,17,18,19). The lowest BCUT2D eigenvalue weighted by molar-refractivity contribution is -0.137. The molecule has 1 fully saturated rings. The van der Waals surface area contributed by atoms with Gasteiger partial charge in [-0.3, -0.25) is 0 Å². The quantitative estimate of drug-likeness (QED) is 0.791. The third kappa shape index (κ3) is 3.37. The van der Waals surface area contributed by atoms with Crippen molar-refractivity contribution in [2.45, 2.75) is 24.6 Å². The molecule has 4 N–H and O–H groups in total. The van der Waals surface area contributed by atoms with Crippen LogP contribution in [0.2, 0.25) is 0 Å². The van der Waals surface area contributed by atoms with Gasteiger partial charge in [0.05, 0.1) is 11.1 Å². The monoisotopic (exact) mass is 273 g/mol. The van der Waals surface area contributed by atoms with E-state index in [0.717, 1.165) is 25.0 Å². The van der Waals surface area contributed by atoms with Gasteiger partial charge < -0.3 is 16.4 Å². The SMILES string of the molecule is NCC1(NC(=O)Nc2ccc(C(F)(F)F)cc2)CC1. The zero-order valence-electron chi connectivity index (χ0n) is 10.1. The molecular weight excluding hydrogens is 259 g/mol. The van der Waals surface area contributed by atoms with E-state index in [1.165, 1.54) is 12.1 Å². The minimum absolute atomic E-state index is 0.304. The fourth-order valence-corrected chi connectivity index (χ4v) is 1.68. The predicted octanol–water partition coefficient (Wildman–Crippen LogP) is 2.32. The van der Waals surface area contributed by atoms with Gasteiger partial charge in [0.1, 0.15) is 0 Å². The molecule has 2 rings (SSSR count). The molecule has 0 radical (unpaired) electrons. The van der Waals surface area contributed by atoms with E-state index in [9.17, 15) is 18.0 Å². The zero-order valence-corrected chi connectivity index (χ0v) is 10.1. The summed E-state index contributed by atoms with van der Waals surface area (Å²) in [6, 6.07) is 3.81. The van der Waals surface area contributed by atoms with Crippen LogP contribution in [0.25, 0.3) is 0 Å². The summed E-state index contributed by atoms with van der Waals surface area (Å²) >= 11 is 0. The summed E-state index contributed by atoms with van der Waals surface area (Å²) < 4.78 is 37.0. The molecule has 1 aromatic rings. The number of urea groups is 1. The van der Waals surface area contributed by atoms with Crippen molar-refractivity contribution < 1.29 is 18.0 Å². The molecule has 0 aliphatic heterocycles. The van der Waals surface area contributed by atoms with Crippen molar-refractivity contribution in [2.24, 2.45) is 5.73 Å². The number of rotatable bonds is 3. The van der Waals surface area contributed by atoms with Gasteiger partial charge in [-0.25, -0.2) is 4.79 Å². The van der Waals surface area contributed by atoms with E-state index in [4.69, 9.17) is 5.73 Å². The number of benzene rings is 1. The van der Waals surface area contributed by atoms with Crippen LogP contribution in [-0.4, -0.2) is 18.1 Å². The number of hydrogen-bond donors (Lipinski definition) is 3. The molecule has 1 saturated carbocycles. The zero-order chi connectivity index (χ0) is 14.1. The van der Waals surface area contributed by atoms with Crippen LogP contribution in [-0.2, 0) is 6.18 Å². The Bertz CT molecular complexity index is 466. The highest BCUT2D eigenvalue weighted by molar-refractivity contribution is 5.90. The van der Waals surface area contributed by atoms with Crippen LogP contribution in [0.15, 0.2) is 24.3 Å². The fourth-order valence-electron chi connectivity index (χ4n) is 1.68. The molecule has 4 nitrogen and oxygen atoms in total. The third-order valence-corrected chi connectivity index (χ3v) is 3.09. The second-order valence-electron chi connectivity index (χ2n) is 4.64. The van der Waals surface area contributed by atoms with Gasteiger partial charge in [-0.2, -0.15) is 13.2 Å². The Kier molecular flexibility index (Phi) is 3.40. The second kappa shape index (κ2) is 4.73. The summed E-state index contributed by atoms with van der Waals surface area (Å²) in [4.78, 5) is 11.6. The Labute approximate surface area is 108 Å². The number of carbonyl (C=O) groups is 1. The minimum Gasteiger partial charge on any atom is -0.331 e. The maximum absolute atomic E-state index is 12.3. The Hall–Kier alpha value is -1.76. The van der Waals surface area contributed by atoms with Crippen LogP contribution >= 0.6 is 0 Å². The van der Waals surface area contributed by atoms with Crippen LogP contribution in [0.5, 0.6) is 0 Å². The average Bonchev–Trinajstić information content (AvgIpc) is 3.09. The van der Waals surface area contributed by atoms with Crippen molar-refractivity contribution >= 4 is 11.7 Å². The molecule has 0 spiro atoms. The van der Waals surface area contributed by atoms with E-state index in [2.05, 4.69) is 10.6 Å². The topological polar surface area (TPSA) is 67.1 Å². The van der Waals surface area contributed by atoms with Gasteiger partial charge in [0.25, 0.3) is 0 Å². The van der Waals surface area contributed by atoms with Gasteiger partial charge in [0, 0.05) is 12.2 Å². The van der Waals surface area contributed by atoms with Crippen molar-refractivity contribution in [2.75, 3.05) is 11.9 Å². The number of halogens is 3. The largest absolute Gasteiger partial charge is 0.416 e. The first-order valence-corrected chi connectivity index (χ1v) is 5.81. The first kappa shape index (κ1) is 13.7. The maximum Gasteiger partial charge on any atom is 0.416 e. The summed E-state index contributed by atoms with van der Waals surface area (Å²) in [6.07, 6.45) is -2.73. The molecule has 1 aliphatic rings. The first-order chi connectivity index (χ1) is 8.85.